The summed E-state index contributed by atoms with van der Waals surface area (Å²) < 4.78 is 12.8. The van der Waals surface area contributed by atoms with Crippen LogP contribution in [-0.4, -0.2) is 27.7 Å². The molecule has 0 unspecified atom stereocenters. The van der Waals surface area contributed by atoms with E-state index in [-0.39, 0.29) is 5.69 Å². The van der Waals surface area contributed by atoms with Crippen molar-refractivity contribution in [1.82, 2.24) is 9.55 Å². The number of nitro groups is 1. The molecule has 7 heteroatoms. The normalized spacial score (nSPS) is 11.0. The second-order valence-corrected chi connectivity index (χ2v) is 4.18. The first-order chi connectivity index (χ1) is 10.2. The Bertz CT molecular complexity index is 606. The number of imidazole rings is 1. The summed E-state index contributed by atoms with van der Waals surface area (Å²) in [5, 5.41) is 10.9. The van der Waals surface area contributed by atoms with Crippen molar-refractivity contribution in [2.45, 2.75) is 20.1 Å². The summed E-state index contributed by atoms with van der Waals surface area (Å²) in [7, 11) is 0. The van der Waals surface area contributed by atoms with Crippen LogP contribution in [0.1, 0.15) is 26.0 Å². The lowest BCUT2D eigenvalue weighted by Gasteiger charge is -2.18. The molecule has 0 bridgehead atoms. The Morgan fingerprint density at radius 1 is 1.33 bits per heavy atom. The van der Waals surface area contributed by atoms with Crippen molar-refractivity contribution < 1.29 is 14.4 Å². The standard InChI is InChI=1S/C14H17N3O4/c1-3-20-14(21-4-2)13-15-8-9-16(13)11-6-5-7-12(10-11)17(18)19/h5-10,14H,3-4H2,1-2H3. The topological polar surface area (TPSA) is 79.4 Å². The van der Waals surface area contributed by atoms with Crippen LogP contribution in [0.4, 0.5) is 5.69 Å². The van der Waals surface area contributed by atoms with Crippen LogP contribution in [0.15, 0.2) is 36.7 Å². The highest BCUT2D eigenvalue weighted by molar-refractivity contribution is 5.43. The van der Waals surface area contributed by atoms with Gasteiger partial charge in [-0.15, -0.1) is 0 Å². The van der Waals surface area contributed by atoms with E-state index in [1.807, 2.05) is 13.8 Å². The van der Waals surface area contributed by atoms with E-state index in [4.69, 9.17) is 9.47 Å². The van der Waals surface area contributed by atoms with Gasteiger partial charge in [0.15, 0.2) is 5.82 Å². The second kappa shape index (κ2) is 6.96. The van der Waals surface area contributed by atoms with E-state index in [0.29, 0.717) is 24.7 Å². The van der Waals surface area contributed by atoms with Crippen LogP contribution in [0.3, 0.4) is 0 Å². The molecule has 112 valence electrons. The zero-order chi connectivity index (χ0) is 15.2. The molecule has 0 aliphatic heterocycles. The minimum Gasteiger partial charge on any atom is -0.346 e. The molecule has 2 rings (SSSR count). The second-order valence-electron chi connectivity index (χ2n) is 4.18. The van der Waals surface area contributed by atoms with Gasteiger partial charge in [0.25, 0.3) is 5.69 Å². The molecular weight excluding hydrogens is 274 g/mol. The van der Waals surface area contributed by atoms with Gasteiger partial charge >= 0.3 is 0 Å². The highest BCUT2D eigenvalue weighted by atomic mass is 16.7. The summed E-state index contributed by atoms with van der Waals surface area (Å²) in [5.74, 6) is 0.555. The van der Waals surface area contributed by atoms with E-state index in [0.717, 1.165) is 0 Å². The maximum Gasteiger partial charge on any atom is 0.271 e. The lowest BCUT2D eigenvalue weighted by molar-refractivity contribution is -0.384. The van der Waals surface area contributed by atoms with Gasteiger partial charge in [-0.1, -0.05) is 6.07 Å². The van der Waals surface area contributed by atoms with Gasteiger partial charge in [0, 0.05) is 37.7 Å². The monoisotopic (exact) mass is 291 g/mol. The van der Waals surface area contributed by atoms with Crippen molar-refractivity contribution in [3.8, 4) is 5.69 Å². The summed E-state index contributed by atoms with van der Waals surface area (Å²) in [6.07, 6.45) is 2.73. The van der Waals surface area contributed by atoms with Crippen LogP contribution in [0.2, 0.25) is 0 Å². The molecule has 1 heterocycles. The third-order valence-electron chi connectivity index (χ3n) is 2.83. The molecule has 0 aliphatic rings. The van der Waals surface area contributed by atoms with E-state index in [9.17, 15) is 10.1 Å². The van der Waals surface area contributed by atoms with Crippen LogP contribution in [0.5, 0.6) is 0 Å². The molecule has 7 nitrogen and oxygen atoms in total. The van der Waals surface area contributed by atoms with E-state index >= 15 is 0 Å². The van der Waals surface area contributed by atoms with Crippen molar-refractivity contribution in [3.05, 3.63) is 52.6 Å². The Morgan fingerprint density at radius 3 is 2.67 bits per heavy atom. The third kappa shape index (κ3) is 3.45. The Kier molecular flexibility index (Phi) is 5.02. The molecular formula is C14H17N3O4. The van der Waals surface area contributed by atoms with Crippen LogP contribution in [0, 0.1) is 10.1 Å². The molecule has 21 heavy (non-hydrogen) atoms. The zero-order valence-electron chi connectivity index (χ0n) is 11.9. The van der Waals surface area contributed by atoms with Crippen LogP contribution in [0.25, 0.3) is 5.69 Å². The number of aromatic nitrogens is 2. The number of hydrogen-bond donors (Lipinski definition) is 0. The molecule has 0 spiro atoms. The fraction of sp³-hybridized carbons (Fsp3) is 0.357. The van der Waals surface area contributed by atoms with Crippen molar-refractivity contribution in [1.29, 1.82) is 0 Å². The first-order valence-electron chi connectivity index (χ1n) is 6.68. The van der Waals surface area contributed by atoms with Crippen LogP contribution in [-0.2, 0) is 9.47 Å². The van der Waals surface area contributed by atoms with E-state index in [1.165, 1.54) is 12.1 Å². The Hall–Kier alpha value is -2.25. The number of nitro benzene ring substituents is 1. The van der Waals surface area contributed by atoms with Gasteiger partial charge in [-0.2, -0.15) is 0 Å². The van der Waals surface area contributed by atoms with E-state index < -0.39 is 11.2 Å². The molecule has 1 aromatic carbocycles. The SMILES string of the molecule is CCOC(OCC)c1nccn1-c1cccc([N+](=O)[O-])c1. The number of rotatable bonds is 7. The van der Waals surface area contributed by atoms with Crippen LogP contribution >= 0.6 is 0 Å². The number of hydrogen-bond acceptors (Lipinski definition) is 5. The van der Waals surface area contributed by atoms with Gasteiger partial charge in [-0.25, -0.2) is 4.98 Å². The van der Waals surface area contributed by atoms with Gasteiger partial charge in [0.2, 0.25) is 6.29 Å². The number of non-ortho nitro benzene ring substituents is 1. The molecule has 0 amide bonds. The lowest BCUT2D eigenvalue weighted by Crippen LogP contribution is -2.14. The molecule has 0 aliphatic carbocycles. The fourth-order valence-corrected chi connectivity index (χ4v) is 1.96. The molecule has 0 N–H and O–H groups in total. The summed E-state index contributed by atoms with van der Waals surface area (Å²) >= 11 is 0. The van der Waals surface area contributed by atoms with E-state index in [2.05, 4.69) is 4.98 Å². The Labute approximate surface area is 122 Å². The average molecular weight is 291 g/mol. The number of benzene rings is 1. The minimum atomic E-state index is -0.603. The highest BCUT2D eigenvalue weighted by Crippen LogP contribution is 2.23. The van der Waals surface area contributed by atoms with Crippen molar-refractivity contribution in [2.24, 2.45) is 0 Å². The first-order valence-corrected chi connectivity index (χ1v) is 6.68. The predicted octanol–water partition coefficient (Wildman–Crippen LogP) is 2.85. The maximum atomic E-state index is 10.9. The van der Waals surface area contributed by atoms with Gasteiger partial charge < -0.3 is 9.47 Å². The predicted molar refractivity (Wildman–Crippen MR) is 76.2 cm³/mol. The zero-order valence-corrected chi connectivity index (χ0v) is 11.9. The summed E-state index contributed by atoms with van der Waals surface area (Å²) in [6.45, 7) is 4.69. The largest absolute Gasteiger partial charge is 0.346 e. The Morgan fingerprint density at radius 2 is 2.05 bits per heavy atom. The van der Waals surface area contributed by atoms with Crippen molar-refractivity contribution in [3.63, 3.8) is 0 Å². The highest BCUT2D eigenvalue weighted by Gasteiger charge is 2.19. The molecule has 0 atom stereocenters. The average Bonchev–Trinajstić information content (AvgIpc) is 2.96. The summed E-state index contributed by atoms with van der Waals surface area (Å²) in [5.41, 5.74) is 0.664. The molecule has 0 fully saturated rings. The quantitative estimate of drug-likeness (QED) is 0.445. The van der Waals surface area contributed by atoms with Crippen LogP contribution < -0.4 is 0 Å². The minimum absolute atomic E-state index is 0.0246. The number of ether oxygens (including phenoxy) is 2. The van der Waals surface area contributed by atoms with Gasteiger partial charge in [0.1, 0.15) is 0 Å². The molecule has 0 radical (unpaired) electrons. The number of nitrogens with zero attached hydrogens (tertiary/aromatic N) is 3. The fourth-order valence-electron chi connectivity index (χ4n) is 1.96. The molecule has 2 aromatic rings. The summed E-state index contributed by atoms with van der Waals surface area (Å²) in [6, 6.07) is 6.34. The Balaban J connectivity index is 2.39. The molecule has 0 saturated carbocycles. The van der Waals surface area contributed by atoms with Gasteiger partial charge in [-0.05, 0) is 19.9 Å². The van der Waals surface area contributed by atoms with Gasteiger partial charge in [-0.3, -0.25) is 14.7 Å². The van der Waals surface area contributed by atoms with Crippen molar-refractivity contribution >= 4 is 5.69 Å². The summed E-state index contributed by atoms with van der Waals surface area (Å²) in [4.78, 5) is 14.7. The van der Waals surface area contributed by atoms with Gasteiger partial charge in [0.05, 0.1) is 10.6 Å². The maximum absolute atomic E-state index is 10.9. The third-order valence-corrected chi connectivity index (χ3v) is 2.83. The molecule has 0 saturated heterocycles. The van der Waals surface area contributed by atoms with Crippen molar-refractivity contribution in [2.75, 3.05) is 13.2 Å². The van der Waals surface area contributed by atoms with E-state index in [1.54, 1.807) is 29.1 Å². The lowest BCUT2D eigenvalue weighted by atomic mass is 10.3. The first kappa shape index (κ1) is 15.1. The molecule has 1 aromatic heterocycles. The smallest absolute Gasteiger partial charge is 0.271 e.